The number of aromatic nitrogens is 1. The monoisotopic (exact) mass is 242 g/mol. The number of nitrogens with one attached hydrogen (secondary N) is 1. The zero-order valence-electron chi connectivity index (χ0n) is 10.4. The first-order chi connectivity index (χ1) is 8.92. The van der Waals surface area contributed by atoms with E-state index in [2.05, 4.69) is 22.4 Å². The molecular weight excluding hydrogens is 224 g/mol. The van der Waals surface area contributed by atoms with Crippen LogP contribution < -0.4 is 5.32 Å². The summed E-state index contributed by atoms with van der Waals surface area (Å²) in [5.41, 5.74) is 1.17. The van der Waals surface area contributed by atoms with E-state index in [0.717, 1.165) is 24.6 Å². The van der Waals surface area contributed by atoms with Crippen LogP contribution in [0, 0.1) is 5.92 Å². The lowest BCUT2D eigenvalue weighted by Crippen LogP contribution is -2.32. The number of furan rings is 1. The minimum Gasteiger partial charge on any atom is -0.468 e. The summed E-state index contributed by atoms with van der Waals surface area (Å²) in [6, 6.07) is 10.6. The Balaban J connectivity index is 1.58. The van der Waals surface area contributed by atoms with Crippen molar-refractivity contribution in [3.63, 3.8) is 0 Å². The lowest BCUT2D eigenvalue weighted by molar-refractivity contribution is 0.413. The van der Waals surface area contributed by atoms with E-state index in [1.165, 1.54) is 18.5 Å². The molecule has 0 spiro atoms. The molecule has 1 unspecified atom stereocenters. The molecule has 1 aliphatic carbocycles. The Hall–Kier alpha value is -1.61. The smallest absolute Gasteiger partial charge is 0.117 e. The number of rotatable bonds is 6. The van der Waals surface area contributed by atoms with E-state index in [1.54, 1.807) is 6.26 Å². The highest BCUT2D eigenvalue weighted by Crippen LogP contribution is 2.34. The lowest BCUT2D eigenvalue weighted by atomic mass is 10.1. The third kappa shape index (κ3) is 2.99. The zero-order valence-corrected chi connectivity index (χ0v) is 10.4. The molecule has 0 radical (unpaired) electrons. The first-order valence-electron chi connectivity index (χ1n) is 6.57. The highest BCUT2D eigenvalue weighted by molar-refractivity contribution is 5.07. The maximum Gasteiger partial charge on any atom is 0.117 e. The van der Waals surface area contributed by atoms with Gasteiger partial charge in [-0.1, -0.05) is 6.07 Å². The SMILES string of the molecule is c1ccc(CC(NCc2ccco2)C2CC2)nc1. The van der Waals surface area contributed by atoms with E-state index < -0.39 is 0 Å². The van der Waals surface area contributed by atoms with Crippen LogP contribution in [0.4, 0.5) is 0 Å². The van der Waals surface area contributed by atoms with Crippen LogP contribution in [-0.4, -0.2) is 11.0 Å². The van der Waals surface area contributed by atoms with Crippen molar-refractivity contribution < 1.29 is 4.42 Å². The van der Waals surface area contributed by atoms with Gasteiger partial charge in [0, 0.05) is 24.4 Å². The van der Waals surface area contributed by atoms with Gasteiger partial charge in [0.1, 0.15) is 5.76 Å². The van der Waals surface area contributed by atoms with Crippen molar-refractivity contribution in [2.45, 2.75) is 31.8 Å². The minimum absolute atomic E-state index is 0.519. The third-order valence-electron chi connectivity index (χ3n) is 3.46. The molecule has 1 aliphatic rings. The molecular formula is C15H18N2O. The van der Waals surface area contributed by atoms with Gasteiger partial charge in [0.25, 0.3) is 0 Å². The van der Waals surface area contributed by atoms with Crippen LogP contribution in [0.3, 0.4) is 0 Å². The topological polar surface area (TPSA) is 38.1 Å². The van der Waals surface area contributed by atoms with E-state index in [0.29, 0.717) is 6.04 Å². The van der Waals surface area contributed by atoms with Crippen molar-refractivity contribution in [3.05, 3.63) is 54.2 Å². The Labute approximate surface area is 107 Å². The summed E-state index contributed by atoms with van der Waals surface area (Å²) in [6.07, 6.45) is 7.27. The molecule has 1 saturated carbocycles. The Morgan fingerprint density at radius 3 is 2.89 bits per heavy atom. The summed E-state index contributed by atoms with van der Waals surface area (Å²) >= 11 is 0. The number of hydrogen-bond acceptors (Lipinski definition) is 3. The van der Waals surface area contributed by atoms with E-state index in [4.69, 9.17) is 4.42 Å². The largest absolute Gasteiger partial charge is 0.468 e. The van der Waals surface area contributed by atoms with Crippen LogP contribution in [0.2, 0.25) is 0 Å². The maximum absolute atomic E-state index is 5.36. The van der Waals surface area contributed by atoms with Gasteiger partial charge in [0.2, 0.25) is 0 Å². The molecule has 1 atom stereocenters. The fraction of sp³-hybridized carbons (Fsp3) is 0.400. The Bertz CT molecular complexity index is 463. The van der Waals surface area contributed by atoms with Gasteiger partial charge >= 0.3 is 0 Å². The van der Waals surface area contributed by atoms with Crippen molar-refractivity contribution >= 4 is 0 Å². The minimum atomic E-state index is 0.519. The molecule has 2 aromatic heterocycles. The molecule has 2 heterocycles. The van der Waals surface area contributed by atoms with Crippen LogP contribution in [-0.2, 0) is 13.0 Å². The normalized spacial score (nSPS) is 16.7. The molecule has 0 aromatic carbocycles. The van der Waals surface area contributed by atoms with Crippen molar-refractivity contribution in [1.82, 2.24) is 10.3 Å². The van der Waals surface area contributed by atoms with Gasteiger partial charge in [-0.2, -0.15) is 0 Å². The molecule has 3 rings (SSSR count). The molecule has 0 saturated heterocycles. The average molecular weight is 242 g/mol. The number of hydrogen-bond donors (Lipinski definition) is 1. The Morgan fingerprint density at radius 1 is 1.28 bits per heavy atom. The maximum atomic E-state index is 5.36. The molecule has 0 amide bonds. The van der Waals surface area contributed by atoms with Crippen LogP contribution in [0.25, 0.3) is 0 Å². The fourth-order valence-electron chi connectivity index (χ4n) is 2.29. The molecule has 3 heteroatoms. The van der Waals surface area contributed by atoms with Crippen LogP contribution in [0.1, 0.15) is 24.3 Å². The number of pyridine rings is 1. The van der Waals surface area contributed by atoms with E-state index in [1.807, 2.05) is 24.4 Å². The quantitative estimate of drug-likeness (QED) is 0.846. The van der Waals surface area contributed by atoms with Gasteiger partial charge < -0.3 is 9.73 Å². The second-order valence-corrected chi connectivity index (χ2v) is 4.93. The molecule has 1 fully saturated rings. The van der Waals surface area contributed by atoms with Crippen molar-refractivity contribution in [2.75, 3.05) is 0 Å². The predicted molar refractivity (Wildman–Crippen MR) is 70.0 cm³/mol. The first kappa shape index (κ1) is 11.5. The van der Waals surface area contributed by atoms with Gasteiger partial charge in [-0.25, -0.2) is 0 Å². The average Bonchev–Trinajstić information content (AvgIpc) is 3.12. The predicted octanol–water partition coefficient (Wildman–Crippen LogP) is 2.79. The van der Waals surface area contributed by atoms with Gasteiger partial charge in [-0.05, 0) is 43.0 Å². The highest BCUT2D eigenvalue weighted by atomic mass is 16.3. The summed E-state index contributed by atoms with van der Waals surface area (Å²) in [6.45, 7) is 0.807. The third-order valence-corrected chi connectivity index (χ3v) is 3.46. The van der Waals surface area contributed by atoms with Crippen molar-refractivity contribution in [3.8, 4) is 0 Å². The second-order valence-electron chi connectivity index (χ2n) is 4.93. The molecule has 2 aromatic rings. The zero-order chi connectivity index (χ0) is 12.2. The van der Waals surface area contributed by atoms with Gasteiger partial charge in [0.05, 0.1) is 12.8 Å². The summed E-state index contributed by atoms with van der Waals surface area (Å²) in [5.74, 6) is 1.81. The molecule has 3 nitrogen and oxygen atoms in total. The second kappa shape index (κ2) is 5.36. The van der Waals surface area contributed by atoms with Crippen LogP contribution in [0.5, 0.6) is 0 Å². The summed E-state index contributed by atoms with van der Waals surface area (Å²) in [5, 5.41) is 3.60. The molecule has 0 aliphatic heterocycles. The molecule has 0 bridgehead atoms. The van der Waals surface area contributed by atoms with E-state index in [9.17, 15) is 0 Å². The van der Waals surface area contributed by atoms with Gasteiger partial charge in [0.15, 0.2) is 0 Å². The standard InChI is InChI=1S/C15H18N2O/c1-2-8-16-13(4-1)10-15(12-6-7-12)17-11-14-5-3-9-18-14/h1-5,8-9,12,15,17H,6-7,10-11H2. The Kier molecular flexibility index (Phi) is 3.42. The summed E-state index contributed by atoms with van der Waals surface area (Å²) < 4.78 is 5.36. The highest BCUT2D eigenvalue weighted by Gasteiger charge is 2.31. The molecule has 18 heavy (non-hydrogen) atoms. The van der Waals surface area contributed by atoms with Crippen molar-refractivity contribution in [1.29, 1.82) is 0 Å². The van der Waals surface area contributed by atoms with E-state index >= 15 is 0 Å². The summed E-state index contributed by atoms with van der Waals surface area (Å²) in [4.78, 5) is 4.41. The fourth-order valence-corrected chi connectivity index (χ4v) is 2.29. The van der Waals surface area contributed by atoms with Crippen LogP contribution in [0.15, 0.2) is 47.2 Å². The van der Waals surface area contributed by atoms with Gasteiger partial charge in [-0.3, -0.25) is 4.98 Å². The van der Waals surface area contributed by atoms with Crippen LogP contribution >= 0.6 is 0 Å². The number of nitrogens with zero attached hydrogens (tertiary/aromatic N) is 1. The Morgan fingerprint density at radius 2 is 2.22 bits per heavy atom. The molecule has 94 valence electrons. The van der Waals surface area contributed by atoms with Gasteiger partial charge in [-0.15, -0.1) is 0 Å². The first-order valence-corrected chi connectivity index (χ1v) is 6.57. The van der Waals surface area contributed by atoms with Crippen molar-refractivity contribution in [2.24, 2.45) is 5.92 Å². The molecule has 1 N–H and O–H groups in total. The van der Waals surface area contributed by atoms with E-state index in [-0.39, 0.29) is 0 Å². The lowest BCUT2D eigenvalue weighted by Gasteiger charge is -2.17. The summed E-state index contributed by atoms with van der Waals surface area (Å²) in [7, 11) is 0.